The maximum atomic E-state index is 12.9. The van der Waals surface area contributed by atoms with E-state index in [1.54, 1.807) is 0 Å². The predicted octanol–water partition coefficient (Wildman–Crippen LogP) is 5.66. The number of carbonyl (C=O) groups excluding carboxylic acids is 1. The van der Waals surface area contributed by atoms with E-state index >= 15 is 0 Å². The number of benzene rings is 2. The minimum Gasteiger partial charge on any atom is -0.354 e. The summed E-state index contributed by atoms with van der Waals surface area (Å²) < 4.78 is 2.03. The summed E-state index contributed by atoms with van der Waals surface area (Å²) in [7, 11) is 0. The number of amides is 1. The Morgan fingerprint density at radius 2 is 1.79 bits per heavy atom. The summed E-state index contributed by atoms with van der Waals surface area (Å²) in [6, 6.07) is 13.0. The molecule has 0 aliphatic heterocycles. The van der Waals surface area contributed by atoms with Gasteiger partial charge in [-0.3, -0.25) is 4.79 Å². The van der Waals surface area contributed by atoms with Gasteiger partial charge in [-0.25, -0.2) is 4.98 Å². The van der Waals surface area contributed by atoms with Crippen molar-refractivity contribution >= 4 is 40.1 Å². The minimum atomic E-state index is -0.345. The fraction of sp³-hybridized carbons (Fsp3) is 0.364. The molecule has 1 N–H and O–H groups in total. The monoisotopic (exact) mass is 417 g/mol. The highest BCUT2D eigenvalue weighted by Gasteiger charge is 2.25. The first-order valence-electron chi connectivity index (χ1n) is 9.58. The molecule has 0 fully saturated rings. The van der Waals surface area contributed by atoms with Gasteiger partial charge in [-0.1, -0.05) is 62.2 Å². The lowest BCUT2D eigenvalue weighted by Gasteiger charge is -2.21. The molecule has 148 valence electrons. The van der Waals surface area contributed by atoms with Crippen molar-refractivity contribution in [2.24, 2.45) is 5.92 Å². The van der Waals surface area contributed by atoms with Crippen LogP contribution in [0.1, 0.15) is 44.6 Å². The topological polar surface area (TPSA) is 46.9 Å². The van der Waals surface area contributed by atoms with Gasteiger partial charge < -0.3 is 9.88 Å². The van der Waals surface area contributed by atoms with Crippen LogP contribution in [0.4, 0.5) is 0 Å². The smallest absolute Gasteiger partial charge is 0.243 e. The van der Waals surface area contributed by atoms with Crippen LogP contribution in [-0.2, 0) is 11.2 Å². The number of nitrogens with zero attached hydrogens (tertiary/aromatic N) is 2. The summed E-state index contributed by atoms with van der Waals surface area (Å²) in [5, 5.41) is 4.26. The molecular weight excluding hydrogens is 393 g/mol. The normalized spacial score (nSPS) is 12.5. The number of para-hydroxylation sites is 2. The SMILES string of the molecule is CC[C@@H](C(=O)NCC(C)C)n1c(Cc2c(Cl)cccc2Cl)nc2ccccc21. The lowest BCUT2D eigenvalue weighted by atomic mass is 10.1. The van der Waals surface area contributed by atoms with E-state index in [-0.39, 0.29) is 11.9 Å². The molecule has 6 heteroatoms. The number of hydrogen-bond donors (Lipinski definition) is 1. The second kappa shape index (κ2) is 8.97. The van der Waals surface area contributed by atoms with Crippen LogP contribution in [0, 0.1) is 5.92 Å². The van der Waals surface area contributed by atoms with Crippen molar-refractivity contribution in [3.63, 3.8) is 0 Å². The molecule has 1 aromatic heterocycles. The van der Waals surface area contributed by atoms with E-state index in [0.29, 0.717) is 35.3 Å². The van der Waals surface area contributed by atoms with Crippen LogP contribution in [0.5, 0.6) is 0 Å². The summed E-state index contributed by atoms with van der Waals surface area (Å²) in [5.74, 6) is 1.18. The Labute approximate surface area is 175 Å². The Balaban J connectivity index is 2.07. The number of fused-ring (bicyclic) bond motifs is 1. The average molecular weight is 418 g/mol. The highest BCUT2D eigenvalue weighted by Crippen LogP contribution is 2.30. The summed E-state index contributed by atoms with van der Waals surface area (Å²) in [6.07, 6.45) is 1.12. The van der Waals surface area contributed by atoms with E-state index in [4.69, 9.17) is 28.2 Å². The van der Waals surface area contributed by atoms with Gasteiger partial charge in [-0.2, -0.15) is 0 Å². The van der Waals surface area contributed by atoms with Crippen molar-refractivity contribution in [3.05, 3.63) is 63.9 Å². The lowest BCUT2D eigenvalue weighted by molar-refractivity contribution is -0.124. The molecule has 28 heavy (non-hydrogen) atoms. The van der Waals surface area contributed by atoms with Crippen LogP contribution in [0.2, 0.25) is 10.0 Å². The molecule has 0 bridgehead atoms. The number of hydrogen-bond acceptors (Lipinski definition) is 2. The third-order valence-electron chi connectivity index (χ3n) is 4.75. The van der Waals surface area contributed by atoms with Gasteiger partial charge in [0.25, 0.3) is 0 Å². The Kier molecular flexibility index (Phi) is 6.63. The van der Waals surface area contributed by atoms with Crippen molar-refractivity contribution in [3.8, 4) is 0 Å². The van der Waals surface area contributed by atoms with Crippen LogP contribution < -0.4 is 5.32 Å². The number of nitrogens with one attached hydrogen (secondary N) is 1. The van der Waals surface area contributed by atoms with Gasteiger partial charge in [0.2, 0.25) is 5.91 Å². The third-order valence-corrected chi connectivity index (χ3v) is 5.46. The molecule has 4 nitrogen and oxygen atoms in total. The van der Waals surface area contributed by atoms with E-state index < -0.39 is 0 Å². The van der Waals surface area contributed by atoms with Crippen molar-refractivity contribution in [2.45, 2.75) is 39.7 Å². The number of rotatable bonds is 7. The minimum absolute atomic E-state index is 0.00542. The summed E-state index contributed by atoms with van der Waals surface area (Å²) in [5.41, 5.74) is 2.61. The average Bonchev–Trinajstić information content (AvgIpc) is 3.02. The van der Waals surface area contributed by atoms with Crippen LogP contribution in [0.25, 0.3) is 11.0 Å². The molecule has 1 atom stereocenters. The zero-order valence-electron chi connectivity index (χ0n) is 16.4. The molecular formula is C22H25Cl2N3O. The van der Waals surface area contributed by atoms with E-state index in [1.807, 2.05) is 54.0 Å². The Hall–Kier alpha value is -2.04. The highest BCUT2D eigenvalue weighted by atomic mass is 35.5. The molecule has 3 rings (SSSR count). The predicted molar refractivity (Wildman–Crippen MR) is 116 cm³/mol. The van der Waals surface area contributed by atoms with Gasteiger partial charge in [-0.15, -0.1) is 0 Å². The molecule has 0 aliphatic carbocycles. The first-order valence-corrected chi connectivity index (χ1v) is 10.3. The lowest BCUT2D eigenvalue weighted by Crippen LogP contribution is -2.35. The first kappa shape index (κ1) is 20.7. The maximum Gasteiger partial charge on any atom is 0.243 e. The van der Waals surface area contributed by atoms with Gasteiger partial charge in [-0.05, 0) is 42.2 Å². The molecule has 0 unspecified atom stereocenters. The van der Waals surface area contributed by atoms with E-state index in [2.05, 4.69) is 19.2 Å². The zero-order valence-corrected chi connectivity index (χ0v) is 17.9. The first-order chi connectivity index (χ1) is 13.4. The molecule has 2 aromatic carbocycles. The Morgan fingerprint density at radius 3 is 2.43 bits per heavy atom. The fourth-order valence-corrected chi connectivity index (χ4v) is 3.86. The fourth-order valence-electron chi connectivity index (χ4n) is 3.33. The summed E-state index contributed by atoms with van der Waals surface area (Å²) in [6.45, 7) is 6.83. The zero-order chi connectivity index (χ0) is 20.3. The molecule has 0 spiro atoms. The van der Waals surface area contributed by atoms with Crippen molar-refractivity contribution in [1.29, 1.82) is 0 Å². The third kappa shape index (κ3) is 4.34. The van der Waals surface area contributed by atoms with E-state index in [0.717, 1.165) is 22.4 Å². The Morgan fingerprint density at radius 1 is 1.11 bits per heavy atom. The molecule has 0 saturated carbocycles. The molecule has 3 aromatic rings. The number of aromatic nitrogens is 2. The van der Waals surface area contributed by atoms with E-state index in [1.165, 1.54) is 0 Å². The summed E-state index contributed by atoms with van der Waals surface area (Å²) in [4.78, 5) is 17.7. The molecule has 0 radical (unpaired) electrons. The van der Waals surface area contributed by atoms with Crippen molar-refractivity contribution < 1.29 is 4.79 Å². The standard InChI is InChI=1S/C22H25Cl2N3O/c1-4-19(22(28)25-13-14(2)3)27-20-11-6-5-10-18(20)26-21(27)12-15-16(23)8-7-9-17(15)24/h5-11,14,19H,4,12-13H2,1-3H3,(H,25,28)/t19-/m0/s1. The van der Waals surface area contributed by atoms with Gasteiger partial charge in [0.05, 0.1) is 11.0 Å². The van der Waals surface area contributed by atoms with Gasteiger partial charge in [0.1, 0.15) is 11.9 Å². The van der Waals surface area contributed by atoms with E-state index in [9.17, 15) is 4.79 Å². The molecule has 1 amide bonds. The van der Waals surface area contributed by atoms with Gasteiger partial charge >= 0.3 is 0 Å². The largest absolute Gasteiger partial charge is 0.354 e. The molecule has 1 heterocycles. The van der Waals surface area contributed by atoms with Crippen LogP contribution in [0.15, 0.2) is 42.5 Å². The second-order valence-electron chi connectivity index (χ2n) is 7.33. The number of imidazole rings is 1. The summed E-state index contributed by atoms with van der Waals surface area (Å²) >= 11 is 12.8. The Bertz CT molecular complexity index is 961. The van der Waals surface area contributed by atoms with Gasteiger partial charge in [0.15, 0.2) is 0 Å². The molecule has 0 saturated heterocycles. The quantitative estimate of drug-likeness (QED) is 0.539. The van der Waals surface area contributed by atoms with Crippen LogP contribution in [-0.4, -0.2) is 22.0 Å². The van der Waals surface area contributed by atoms with Crippen LogP contribution in [0.3, 0.4) is 0 Å². The maximum absolute atomic E-state index is 12.9. The number of halogens is 2. The second-order valence-corrected chi connectivity index (χ2v) is 8.14. The van der Waals surface area contributed by atoms with Gasteiger partial charge in [0, 0.05) is 23.0 Å². The van der Waals surface area contributed by atoms with Crippen molar-refractivity contribution in [2.75, 3.05) is 6.54 Å². The molecule has 0 aliphatic rings. The van der Waals surface area contributed by atoms with Crippen molar-refractivity contribution in [1.82, 2.24) is 14.9 Å². The highest BCUT2D eigenvalue weighted by molar-refractivity contribution is 6.36. The van der Waals surface area contributed by atoms with Crippen LogP contribution >= 0.6 is 23.2 Å². The number of carbonyl (C=O) groups is 1.